The maximum absolute atomic E-state index is 8.99. The molecule has 0 unspecified atom stereocenters. The van der Waals surface area contributed by atoms with Crippen molar-refractivity contribution in [1.29, 1.82) is 5.26 Å². The molecule has 14 heavy (non-hydrogen) atoms. The van der Waals surface area contributed by atoms with Crippen molar-refractivity contribution in [2.45, 2.75) is 6.92 Å². The molecule has 0 aliphatic rings. The van der Waals surface area contributed by atoms with Crippen LogP contribution in [0.4, 0.5) is 0 Å². The average molecular weight is 223 g/mol. The highest BCUT2D eigenvalue weighted by Gasteiger charge is 2.13. The smallest absolute Gasteiger partial charge is 0.186 e. The minimum absolute atomic E-state index is 0.570. The molecule has 4 heteroatoms. The molecule has 1 aromatic heterocycles. The Morgan fingerprint density at radius 3 is 2.57 bits per heavy atom. The van der Waals surface area contributed by atoms with Crippen molar-refractivity contribution in [3.8, 4) is 6.07 Å². The molecular formula is C10H11N2S2+. The average Bonchev–Trinajstić information content (AvgIpc) is 2.21. The lowest BCUT2D eigenvalue weighted by Crippen LogP contribution is -2.30. The van der Waals surface area contributed by atoms with Gasteiger partial charge in [-0.1, -0.05) is 13.0 Å². The summed E-state index contributed by atoms with van der Waals surface area (Å²) in [5, 5.41) is 8.99. The van der Waals surface area contributed by atoms with E-state index in [1.54, 1.807) is 16.3 Å². The molecule has 0 aliphatic heterocycles. The minimum Gasteiger partial charge on any atom is -0.186 e. The second-order valence-electron chi connectivity index (χ2n) is 2.48. The van der Waals surface area contributed by atoms with Crippen molar-refractivity contribution in [2.24, 2.45) is 0 Å². The molecule has 0 amide bonds. The van der Waals surface area contributed by atoms with E-state index in [0.29, 0.717) is 5.70 Å². The van der Waals surface area contributed by atoms with Gasteiger partial charge < -0.3 is 0 Å². The molecule has 0 bridgehead atoms. The highest BCUT2D eigenvalue weighted by atomic mass is 32.2. The van der Waals surface area contributed by atoms with E-state index < -0.39 is 0 Å². The number of allylic oxidation sites excluding steroid dienone is 1. The summed E-state index contributed by atoms with van der Waals surface area (Å²) >= 11 is 5.86. The lowest BCUT2D eigenvalue weighted by atomic mass is 10.4. The van der Waals surface area contributed by atoms with Crippen molar-refractivity contribution in [3.63, 3.8) is 0 Å². The third kappa shape index (κ3) is 2.79. The van der Waals surface area contributed by atoms with Gasteiger partial charge in [-0.3, -0.25) is 0 Å². The Labute approximate surface area is 93.7 Å². The number of thiol groups is 1. The Kier molecular flexibility index (Phi) is 4.57. The predicted molar refractivity (Wildman–Crippen MR) is 62.6 cm³/mol. The minimum atomic E-state index is 0.570. The first-order valence-electron chi connectivity index (χ1n) is 4.22. The molecule has 1 rings (SSSR count). The molecular weight excluding hydrogens is 212 g/mol. The zero-order valence-electron chi connectivity index (χ0n) is 7.84. The number of hydrogen-bond acceptors (Lipinski definition) is 3. The van der Waals surface area contributed by atoms with Gasteiger partial charge in [-0.15, -0.1) is 24.4 Å². The molecule has 2 nitrogen and oxygen atoms in total. The number of nitrogens with zero attached hydrogens (tertiary/aromatic N) is 2. The fraction of sp³-hybridized carbons (Fsp3) is 0.200. The molecule has 0 N–H and O–H groups in total. The zero-order chi connectivity index (χ0) is 10.4. The molecule has 0 spiro atoms. The zero-order valence-corrected chi connectivity index (χ0v) is 9.55. The van der Waals surface area contributed by atoms with Gasteiger partial charge in [-0.2, -0.15) is 9.83 Å². The topological polar surface area (TPSA) is 27.7 Å². The second kappa shape index (κ2) is 5.74. The van der Waals surface area contributed by atoms with Crippen LogP contribution in [-0.2, 0) is 0 Å². The molecule has 1 aromatic rings. The highest BCUT2D eigenvalue weighted by molar-refractivity contribution is 8.15. The van der Waals surface area contributed by atoms with Gasteiger partial charge in [0.15, 0.2) is 18.5 Å². The third-order valence-corrected chi connectivity index (χ3v) is 2.92. The first-order chi connectivity index (χ1) is 6.79. The predicted octanol–water partition coefficient (Wildman–Crippen LogP) is 2.31. The van der Waals surface area contributed by atoms with Gasteiger partial charge in [-0.25, -0.2) is 0 Å². The van der Waals surface area contributed by atoms with E-state index in [4.69, 9.17) is 5.26 Å². The SMILES string of the molecule is CCSC(S)=C(C#N)[n+]1ccccc1. The van der Waals surface area contributed by atoms with Gasteiger partial charge >= 0.3 is 5.70 Å². The van der Waals surface area contributed by atoms with Gasteiger partial charge in [0.1, 0.15) is 4.24 Å². The van der Waals surface area contributed by atoms with Crippen LogP contribution in [-0.4, -0.2) is 5.75 Å². The van der Waals surface area contributed by atoms with E-state index in [9.17, 15) is 0 Å². The van der Waals surface area contributed by atoms with Gasteiger partial charge in [-0.05, 0) is 5.75 Å². The lowest BCUT2D eigenvalue weighted by molar-refractivity contribution is -0.577. The number of nitriles is 1. The van der Waals surface area contributed by atoms with Crippen molar-refractivity contribution in [2.75, 3.05) is 5.75 Å². The Balaban J connectivity index is 3.06. The fourth-order valence-corrected chi connectivity index (χ4v) is 2.08. The number of pyridine rings is 1. The maximum atomic E-state index is 8.99. The summed E-state index contributed by atoms with van der Waals surface area (Å²) in [4.78, 5) is 0. The molecule has 0 saturated carbocycles. The van der Waals surface area contributed by atoms with Crippen LogP contribution in [0.2, 0.25) is 0 Å². The van der Waals surface area contributed by atoms with E-state index in [2.05, 4.69) is 18.7 Å². The third-order valence-electron chi connectivity index (χ3n) is 1.56. The summed E-state index contributed by atoms with van der Waals surface area (Å²) in [6, 6.07) is 7.83. The van der Waals surface area contributed by atoms with Gasteiger partial charge in [0, 0.05) is 12.1 Å². The molecule has 0 fully saturated rings. The van der Waals surface area contributed by atoms with E-state index in [0.717, 1.165) is 9.99 Å². The summed E-state index contributed by atoms with van der Waals surface area (Å²) in [6.07, 6.45) is 3.68. The maximum Gasteiger partial charge on any atom is 0.308 e. The van der Waals surface area contributed by atoms with Crippen LogP contribution < -0.4 is 4.57 Å². The number of aromatic nitrogens is 1. The number of hydrogen-bond donors (Lipinski definition) is 1. The van der Waals surface area contributed by atoms with Crippen LogP contribution in [0, 0.1) is 11.3 Å². The molecule has 1 heterocycles. The Hall–Kier alpha value is -0.920. The summed E-state index contributed by atoms with van der Waals surface area (Å²) in [5.74, 6) is 0.914. The first kappa shape index (κ1) is 11.2. The van der Waals surface area contributed by atoms with Gasteiger partial charge in [0.2, 0.25) is 0 Å². The summed E-state index contributed by atoms with van der Waals surface area (Å²) < 4.78 is 2.52. The quantitative estimate of drug-likeness (QED) is 0.484. The first-order valence-corrected chi connectivity index (χ1v) is 5.65. The highest BCUT2D eigenvalue weighted by Crippen LogP contribution is 2.22. The molecule has 0 aromatic carbocycles. The van der Waals surface area contributed by atoms with E-state index in [-0.39, 0.29) is 0 Å². The van der Waals surface area contributed by atoms with Crippen LogP contribution >= 0.6 is 24.4 Å². The van der Waals surface area contributed by atoms with Crippen LogP contribution in [0.3, 0.4) is 0 Å². The Morgan fingerprint density at radius 1 is 1.43 bits per heavy atom. The summed E-state index contributed by atoms with van der Waals surface area (Å²) in [5.41, 5.74) is 0.570. The van der Waals surface area contributed by atoms with Crippen molar-refractivity contribution < 1.29 is 4.57 Å². The molecule has 0 aliphatic carbocycles. The van der Waals surface area contributed by atoms with Crippen molar-refractivity contribution in [1.82, 2.24) is 0 Å². The van der Waals surface area contributed by atoms with E-state index >= 15 is 0 Å². The van der Waals surface area contributed by atoms with Crippen molar-refractivity contribution in [3.05, 3.63) is 34.8 Å². The van der Waals surface area contributed by atoms with Crippen LogP contribution in [0.15, 0.2) is 34.8 Å². The Morgan fingerprint density at radius 2 is 2.07 bits per heavy atom. The van der Waals surface area contributed by atoms with Crippen LogP contribution in [0.1, 0.15) is 6.92 Å². The summed E-state index contributed by atoms with van der Waals surface area (Å²) in [6.45, 7) is 2.03. The van der Waals surface area contributed by atoms with Crippen molar-refractivity contribution >= 4 is 30.1 Å². The van der Waals surface area contributed by atoms with Crippen LogP contribution in [0.25, 0.3) is 5.70 Å². The second-order valence-corrected chi connectivity index (χ2v) is 4.51. The molecule has 72 valence electrons. The van der Waals surface area contributed by atoms with E-state index in [1.165, 1.54) is 0 Å². The van der Waals surface area contributed by atoms with E-state index in [1.807, 2.05) is 37.5 Å². The van der Waals surface area contributed by atoms with Crippen LogP contribution in [0.5, 0.6) is 0 Å². The summed E-state index contributed by atoms with van der Waals surface area (Å²) in [7, 11) is 0. The lowest BCUT2D eigenvalue weighted by Gasteiger charge is -1.96. The fourth-order valence-electron chi connectivity index (χ4n) is 0.969. The Bertz CT molecular complexity index is 365. The molecule has 0 atom stereocenters. The molecule has 0 saturated heterocycles. The standard InChI is InChI=1S/C10H10N2S2/c1-2-14-10(13)9(8-11)12-6-4-3-5-7-12/h3-7H,2H2,1H3/p+1. The number of thioether (sulfide) groups is 1. The normalized spacial score (nSPS) is 11.8. The monoisotopic (exact) mass is 223 g/mol. The van der Waals surface area contributed by atoms with Gasteiger partial charge in [0.05, 0.1) is 0 Å². The van der Waals surface area contributed by atoms with Gasteiger partial charge in [0.25, 0.3) is 0 Å². The largest absolute Gasteiger partial charge is 0.308 e. The molecule has 0 radical (unpaired) electrons. The number of rotatable bonds is 3.